The van der Waals surface area contributed by atoms with Gasteiger partial charge in [-0.05, 0) is 25.2 Å². The van der Waals surface area contributed by atoms with Gasteiger partial charge in [-0.2, -0.15) is 5.10 Å². The molecule has 1 aliphatic rings. The van der Waals surface area contributed by atoms with E-state index in [0.717, 1.165) is 12.8 Å². The molecule has 1 atom stereocenters. The molecule has 0 saturated heterocycles. The molecule has 0 aliphatic heterocycles. The topological polar surface area (TPSA) is 72.9 Å². The third-order valence-electron chi connectivity index (χ3n) is 3.94. The summed E-state index contributed by atoms with van der Waals surface area (Å²) >= 11 is 0. The molecule has 2 rings (SSSR count). The van der Waals surface area contributed by atoms with Crippen molar-refractivity contribution in [3.8, 4) is 0 Å². The molecule has 5 heteroatoms. The average molecular weight is 250 g/mol. The fourth-order valence-electron chi connectivity index (χ4n) is 2.71. The van der Waals surface area contributed by atoms with E-state index in [4.69, 9.17) is 5.73 Å². The van der Waals surface area contributed by atoms with Crippen molar-refractivity contribution in [2.24, 2.45) is 5.41 Å². The zero-order valence-electron chi connectivity index (χ0n) is 11.4. The molecule has 1 amide bonds. The molecule has 1 heterocycles. The molecule has 1 saturated carbocycles. The van der Waals surface area contributed by atoms with Gasteiger partial charge in [0.1, 0.15) is 5.69 Å². The number of nitrogens with zero attached hydrogens (tertiary/aromatic N) is 2. The summed E-state index contributed by atoms with van der Waals surface area (Å²) in [6.07, 6.45) is 4.90. The highest BCUT2D eigenvalue weighted by Crippen LogP contribution is 2.37. The lowest BCUT2D eigenvalue weighted by Crippen LogP contribution is -2.42. The minimum Gasteiger partial charge on any atom is -0.396 e. The van der Waals surface area contributed by atoms with Crippen LogP contribution in [0.4, 0.5) is 5.69 Å². The zero-order chi connectivity index (χ0) is 13.3. The Bertz CT molecular complexity index is 450. The number of nitrogens with two attached hydrogens (primary N) is 1. The Hall–Kier alpha value is -1.52. The third kappa shape index (κ3) is 2.21. The molecule has 0 radical (unpaired) electrons. The third-order valence-corrected chi connectivity index (χ3v) is 3.94. The van der Waals surface area contributed by atoms with Gasteiger partial charge in [-0.1, -0.05) is 20.3 Å². The summed E-state index contributed by atoms with van der Waals surface area (Å²) in [5.41, 5.74) is 6.92. The summed E-state index contributed by atoms with van der Waals surface area (Å²) in [5.74, 6) is -0.105. The van der Waals surface area contributed by atoms with E-state index < -0.39 is 0 Å². The van der Waals surface area contributed by atoms with Crippen molar-refractivity contribution in [3.05, 3.63) is 11.9 Å². The Morgan fingerprint density at radius 3 is 2.94 bits per heavy atom. The monoisotopic (exact) mass is 250 g/mol. The van der Waals surface area contributed by atoms with Gasteiger partial charge < -0.3 is 11.1 Å². The first-order valence-electron chi connectivity index (χ1n) is 6.58. The van der Waals surface area contributed by atoms with Crippen molar-refractivity contribution < 1.29 is 4.79 Å². The Morgan fingerprint density at radius 1 is 1.67 bits per heavy atom. The van der Waals surface area contributed by atoms with Gasteiger partial charge in [-0.3, -0.25) is 9.48 Å². The fraction of sp³-hybridized carbons (Fsp3) is 0.692. The number of rotatable bonds is 3. The van der Waals surface area contributed by atoms with Crippen LogP contribution >= 0.6 is 0 Å². The van der Waals surface area contributed by atoms with Crippen LogP contribution in [0.25, 0.3) is 0 Å². The molecule has 0 aromatic carbocycles. The lowest BCUT2D eigenvalue weighted by molar-refractivity contribution is 0.0900. The SMILES string of the molecule is CCn1ncc(N)c1C(=O)NC1CCCC1(C)C. The molecule has 1 aliphatic carbocycles. The van der Waals surface area contributed by atoms with Crippen LogP contribution in [0, 0.1) is 5.41 Å². The number of nitrogens with one attached hydrogen (secondary N) is 1. The van der Waals surface area contributed by atoms with Gasteiger partial charge in [0.05, 0.1) is 11.9 Å². The summed E-state index contributed by atoms with van der Waals surface area (Å²) in [4.78, 5) is 12.3. The van der Waals surface area contributed by atoms with E-state index in [2.05, 4.69) is 24.3 Å². The van der Waals surface area contributed by atoms with Gasteiger partial charge in [0, 0.05) is 12.6 Å². The first-order valence-corrected chi connectivity index (χ1v) is 6.58. The largest absolute Gasteiger partial charge is 0.396 e. The van der Waals surface area contributed by atoms with Crippen LogP contribution in [0.3, 0.4) is 0 Å². The number of aromatic nitrogens is 2. The number of nitrogen functional groups attached to an aromatic ring is 1. The maximum absolute atomic E-state index is 12.3. The maximum atomic E-state index is 12.3. The van der Waals surface area contributed by atoms with E-state index in [-0.39, 0.29) is 17.4 Å². The summed E-state index contributed by atoms with van der Waals surface area (Å²) in [7, 11) is 0. The normalized spacial score (nSPS) is 22.1. The molecule has 5 nitrogen and oxygen atoms in total. The van der Waals surface area contributed by atoms with E-state index in [0.29, 0.717) is 17.9 Å². The molecule has 1 aromatic rings. The quantitative estimate of drug-likeness (QED) is 0.859. The summed E-state index contributed by atoms with van der Waals surface area (Å²) < 4.78 is 1.65. The van der Waals surface area contributed by atoms with Crippen LogP contribution in [0.1, 0.15) is 50.5 Å². The second-order valence-electron chi connectivity index (χ2n) is 5.67. The van der Waals surface area contributed by atoms with Gasteiger partial charge in [0.15, 0.2) is 0 Å². The standard InChI is InChI=1S/C13H22N4O/c1-4-17-11(9(14)8-15-17)12(18)16-10-6-5-7-13(10,2)3/h8,10H,4-7,14H2,1-3H3,(H,16,18). The Morgan fingerprint density at radius 2 is 2.39 bits per heavy atom. The van der Waals surface area contributed by atoms with Gasteiger partial charge in [0.25, 0.3) is 5.91 Å². The number of carbonyl (C=O) groups excluding carboxylic acids is 1. The van der Waals surface area contributed by atoms with Crippen molar-refractivity contribution in [1.29, 1.82) is 0 Å². The lowest BCUT2D eigenvalue weighted by atomic mass is 9.87. The first-order chi connectivity index (χ1) is 8.45. The second kappa shape index (κ2) is 4.63. The number of hydrogen-bond donors (Lipinski definition) is 2. The minimum atomic E-state index is -0.105. The predicted octanol–water partition coefficient (Wildman–Crippen LogP) is 1.79. The Kier molecular flexibility index (Phi) is 3.32. The van der Waals surface area contributed by atoms with Crippen molar-refractivity contribution in [2.45, 2.75) is 52.6 Å². The van der Waals surface area contributed by atoms with Crippen LogP contribution in [-0.2, 0) is 6.54 Å². The van der Waals surface area contributed by atoms with Crippen LogP contribution in [0.2, 0.25) is 0 Å². The summed E-state index contributed by atoms with van der Waals surface area (Å²) in [6, 6.07) is 0.226. The smallest absolute Gasteiger partial charge is 0.271 e. The predicted molar refractivity (Wildman–Crippen MR) is 71.2 cm³/mol. The van der Waals surface area contributed by atoms with Crippen molar-refractivity contribution in [3.63, 3.8) is 0 Å². The zero-order valence-corrected chi connectivity index (χ0v) is 11.4. The first kappa shape index (κ1) is 12.9. The van der Waals surface area contributed by atoms with E-state index >= 15 is 0 Å². The van der Waals surface area contributed by atoms with E-state index in [9.17, 15) is 4.79 Å². The van der Waals surface area contributed by atoms with E-state index in [1.807, 2.05) is 6.92 Å². The Labute approximate surface area is 108 Å². The molecule has 1 aromatic heterocycles. The van der Waals surface area contributed by atoms with Gasteiger partial charge in [0.2, 0.25) is 0 Å². The van der Waals surface area contributed by atoms with Crippen molar-refractivity contribution in [2.75, 3.05) is 5.73 Å². The van der Waals surface area contributed by atoms with Crippen LogP contribution in [0.5, 0.6) is 0 Å². The van der Waals surface area contributed by atoms with E-state index in [1.54, 1.807) is 4.68 Å². The van der Waals surface area contributed by atoms with Gasteiger partial charge >= 0.3 is 0 Å². The molecule has 1 unspecified atom stereocenters. The average Bonchev–Trinajstić information content (AvgIpc) is 2.82. The summed E-state index contributed by atoms with van der Waals surface area (Å²) in [6.45, 7) is 6.99. The van der Waals surface area contributed by atoms with Gasteiger partial charge in [-0.15, -0.1) is 0 Å². The highest BCUT2D eigenvalue weighted by Gasteiger charge is 2.36. The lowest BCUT2D eigenvalue weighted by Gasteiger charge is -2.27. The maximum Gasteiger partial charge on any atom is 0.271 e. The highest BCUT2D eigenvalue weighted by atomic mass is 16.2. The number of amides is 1. The number of carbonyl (C=O) groups is 1. The van der Waals surface area contributed by atoms with Crippen molar-refractivity contribution >= 4 is 11.6 Å². The molecule has 0 spiro atoms. The fourth-order valence-corrected chi connectivity index (χ4v) is 2.71. The van der Waals surface area contributed by atoms with Crippen LogP contribution < -0.4 is 11.1 Å². The second-order valence-corrected chi connectivity index (χ2v) is 5.67. The molecule has 100 valence electrons. The minimum absolute atomic E-state index is 0.105. The summed E-state index contributed by atoms with van der Waals surface area (Å²) in [5, 5.41) is 7.20. The number of aryl methyl sites for hydroxylation is 1. The van der Waals surface area contributed by atoms with Gasteiger partial charge in [-0.25, -0.2) is 0 Å². The van der Waals surface area contributed by atoms with Crippen LogP contribution in [-0.4, -0.2) is 21.7 Å². The molecular weight excluding hydrogens is 228 g/mol. The molecule has 1 fully saturated rings. The number of hydrogen-bond acceptors (Lipinski definition) is 3. The molecule has 3 N–H and O–H groups in total. The van der Waals surface area contributed by atoms with E-state index in [1.165, 1.54) is 12.6 Å². The van der Waals surface area contributed by atoms with Crippen LogP contribution in [0.15, 0.2) is 6.20 Å². The molecular formula is C13H22N4O. The van der Waals surface area contributed by atoms with Crippen molar-refractivity contribution in [1.82, 2.24) is 15.1 Å². The Balaban J connectivity index is 2.15. The molecule has 0 bridgehead atoms. The number of anilines is 1. The molecule has 18 heavy (non-hydrogen) atoms. The highest BCUT2D eigenvalue weighted by molar-refractivity contribution is 5.97.